The number of benzene rings is 2. The van der Waals surface area contributed by atoms with Gasteiger partial charge in [0.15, 0.2) is 0 Å². The summed E-state index contributed by atoms with van der Waals surface area (Å²) in [6.07, 6.45) is -0.497. The van der Waals surface area contributed by atoms with Crippen LogP contribution in [0, 0.1) is 17.0 Å². The van der Waals surface area contributed by atoms with E-state index in [0.29, 0.717) is 16.7 Å². The Hall–Kier alpha value is -3.10. The second kappa shape index (κ2) is 8.28. The second-order valence-corrected chi connectivity index (χ2v) is 6.48. The van der Waals surface area contributed by atoms with Gasteiger partial charge in [-0.1, -0.05) is 23.8 Å². The number of ether oxygens (including phenoxy) is 2. The van der Waals surface area contributed by atoms with Crippen molar-refractivity contribution in [2.24, 2.45) is 0 Å². The van der Waals surface area contributed by atoms with Gasteiger partial charge in [-0.2, -0.15) is 0 Å². The van der Waals surface area contributed by atoms with Crippen molar-refractivity contribution in [3.8, 4) is 0 Å². The Labute approximate surface area is 161 Å². The summed E-state index contributed by atoms with van der Waals surface area (Å²) >= 11 is 0. The molecule has 1 atom stereocenters. The molecule has 2 amide bonds. The van der Waals surface area contributed by atoms with Crippen LogP contribution in [0.5, 0.6) is 0 Å². The minimum absolute atomic E-state index is 0.0715. The zero-order chi connectivity index (χ0) is 20.3. The third kappa shape index (κ3) is 3.78. The summed E-state index contributed by atoms with van der Waals surface area (Å²) in [5, 5.41) is 11.4. The van der Waals surface area contributed by atoms with Crippen LogP contribution in [0.4, 0.5) is 5.69 Å². The van der Waals surface area contributed by atoms with Gasteiger partial charge in [0.25, 0.3) is 17.5 Å². The molecule has 0 bridgehead atoms. The van der Waals surface area contributed by atoms with Gasteiger partial charge in [0.2, 0.25) is 0 Å². The van der Waals surface area contributed by atoms with E-state index in [9.17, 15) is 19.7 Å². The Bertz CT molecular complexity index is 892. The third-order valence-electron chi connectivity index (χ3n) is 4.61. The number of hydrogen-bond acceptors (Lipinski definition) is 6. The van der Waals surface area contributed by atoms with Crippen LogP contribution in [0.2, 0.25) is 0 Å². The molecule has 0 aliphatic carbocycles. The lowest BCUT2D eigenvalue weighted by Crippen LogP contribution is -2.32. The maximum Gasteiger partial charge on any atom is 0.275 e. The molecule has 1 unspecified atom stereocenters. The Kier molecular flexibility index (Phi) is 5.81. The van der Waals surface area contributed by atoms with Gasteiger partial charge in [-0.05, 0) is 31.5 Å². The van der Waals surface area contributed by atoms with Gasteiger partial charge in [0.1, 0.15) is 6.79 Å². The molecule has 28 heavy (non-hydrogen) atoms. The number of hydrogen-bond donors (Lipinski definition) is 0. The topological polar surface area (TPSA) is 99.0 Å². The molecule has 0 saturated heterocycles. The molecule has 0 N–H and O–H groups in total. The zero-order valence-corrected chi connectivity index (χ0v) is 15.6. The largest absolute Gasteiger partial charge is 0.359 e. The Balaban J connectivity index is 1.84. The van der Waals surface area contributed by atoms with Crippen LogP contribution >= 0.6 is 0 Å². The van der Waals surface area contributed by atoms with Crippen molar-refractivity contribution in [1.29, 1.82) is 0 Å². The van der Waals surface area contributed by atoms with Gasteiger partial charge in [0, 0.05) is 19.7 Å². The standard InChI is InChI=1S/C20H20N2O6/c1-13-7-8-17(22(25)26)16(11-13)18(28-12-27-2)9-10-21-19(23)14-5-3-4-6-15(14)20(21)24/h3-8,11,18H,9-10,12H2,1-2H3. The SMILES string of the molecule is COCOC(CCN1C(=O)c2ccccc2C1=O)c1cc(C)ccc1[N+](=O)[O-]. The zero-order valence-electron chi connectivity index (χ0n) is 15.6. The van der Waals surface area contributed by atoms with Crippen molar-refractivity contribution < 1.29 is 24.0 Å². The first kappa shape index (κ1) is 19.7. The van der Waals surface area contributed by atoms with E-state index in [1.807, 2.05) is 6.92 Å². The van der Waals surface area contributed by atoms with Crippen molar-refractivity contribution in [2.45, 2.75) is 19.4 Å². The molecule has 0 radical (unpaired) electrons. The summed E-state index contributed by atoms with van der Waals surface area (Å²) < 4.78 is 10.6. The van der Waals surface area contributed by atoms with Crippen molar-refractivity contribution in [2.75, 3.05) is 20.4 Å². The summed E-state index contributed by atoms with van der Waals surface area (Å²) in [6, 6.07) is 11.4. The lowest BCUT2D eigenvalue weighted by Gasteiger charge is -2.21. The lowest BCUT2D eigenvalue weighted by molar-refractivity contribution is -0.386. The summed E-state index contributed by atoms with van der Waals surface area (Å²) in [5.74, 6) is -0.741. The van der Waals surface area contributed by atoms with Gasteiger partial charge in [-0.3, -0.25) is 24.6 Å². The molecular weight excluding hydrogens is 364 g/mol. The number of aryl methyl sites for hydroxylation is 1. The van der Waals surface area contributed by atoms with Gasteiger partial charge in [-0.25, -0.2) is 0 Å². The number of fused-ring (bicyclic) bond motifs is 1. The van der Waals surface area contributed by atoms with Crippen molar-refractivity contribution >= 4 is 17.5 Å². The molecule has 8 heteroatoms. The van der Waals surface area contributed by atoms with Crippen LogP contribution in [-0.2, 0) is 9.47 Å². The van der Waals surface area contributed by atoms with Gasteiger partial charge in [-0.15, -0.1) is 0 Å². The van der Waals surface area contributed by atoms with E-state index in [1.165, 1.54) is 13.2 Å². The molecule has 1 aliphatic rings. The predicted molar refractivity (Wildman–Crippen MR) is 100.0 cm³/mol. The highest BCUT2D eigenvalue weighted by Crippen LogP contribution is 2.32. The second-order valence-electron chi connectivity index (χ2n) is 6.48. The number of carbonyl (C=O) groups excluding carboxylic acids is 2. The summed E-state index contributed by atoms with van der Waals surface area (Å²) in [5.41, 5.74) is 1.88. The van der Waals surface area contributed by atoms with Crippen LogP contribution in [0.25, 0.3) is 0 Å². The van der Waals surface area contributed by atoms with E-state index in [0.717, 1.165) is 10.5 Å². The average molecular weight is 384 g/mol. The summed E-state index contributed by atoms with van der Waals surface area (Å²) in [7, 11) is 1.45. The number of rotatable bonds is 8. The molecule has 146 valence electrons. The highest BCUT2D eigenvalue weighted by molar-refractivity contribution is 6.21. The molecule has 2 aromatic carbocycles. The maximum absolute atomic E-state index is 12.5. The first-order valence-electron chi connectivity index (χ1n) is 8.74. The number of amides is 2. The quantitative estimate of drug-likeness (QED) is 0.300. The fraction of sp³-hybridized carbons (Fsp3) is 0.300. The molecule has 0 spiro atoms. The van der Waals surface area contributed by atoms with Gasteiger partial charge in [0.05, 0.1) is 27.7 Å². The minimum Gasteiger partial charge on any atom is -0.359 e. The van der Waals surface area contributed by atoms with Crippen molar-refractivity contribution in [1.82, 2.24) is 4.90 Å². The van der Waals surface area contributed by atoms with Gasteiger partial charge < -0.3 is 9.47 Å². The van der Waals surface area contributed by atoms with Crippen LogP contribution in [0.1, 0.15) is 44.4 Å². The average Bonchev–Trinajstić information content (AvgIpc) is 2.92. The van der Waals surface area contributed by atoms with Crippen molar-refractivity contribution in [3.63, 3.8) is 0 Å². The van der Waals surface area contributed by atoms with E-state index in [-0.39, 0.29) is 37.3 Å². The fourth-order valence-corrected chi connectivity index (χ4v) is 3.27. The minimum atomic E-state index is -0.704. The number of nitrogens with zero attached hydrogens (tertiary/aromatic N) is 2. The van der Waals surface area contributed by atoms with E-state index in [1.54, 1.807) is 36.4 Å². The monoisotopic (exact) mass is 384 g/mol. The highest BCUT2D eigenvalue weighted by atomic mass is 16.7. The molecule has 3 rings (SSSR count). The van der Waals surface area contributed by atoms with E-state index < -0.39 is 11.0 Å². The van der Waals surface area contributed by atoms with Crippen LogP contribution in [-0.4, -0.2) is 42.1 Å². The van der Waals surface area contributed by atoms with Crippen LogP contribution in [0.15, 0.2) is 42.5 Å². The molecule has 0 saturated carbocycles. The molecule has 1 heterocycles. The summed E-state index contributed by atoms with van der Waals surface area (Å²) in [6.45, 7) is 1.83. The molecule has 1 aliphatic heterocycles. The smallest absolute Gasteiger partial charge is 0.275 e. The van der Waals surface area contributed by atoms with Gasteiger partial charge >= 0.3 is 0 Å². The van der Waals surface area contributed by atoms with E-state index >= 15 is 0 Å². The number of carbonyl (C=O) groups is 2. The molecular formula is C20H20N2O6. The maximum atomic E-state index is 12.5. The highest BCUT2D eigenvalue weighted by Gasteiger charge is 2.35. The number of methoxy groups -OCH3 is 1. The Morgan fingerprint density at radius 1 is 1.11 bits per heavy atom. The van der Waals surface area contributed by atoms with E-state index in [4.69, 9.17) is 9.47 Å². The lowest BCUT2D eigenvalue weighted by atomic mass is 10.0. The van der Waals surface area contributed by atoms with E-state index in [2.05, 4.69) is 0 Å². The Morgan fingerprint density at radius 3 is 2.32 bits per heavy atom. The normalized spacial score (nSPS) is 14.3. The van der Waals surface area contributed by atoms with Crippen LogP contribution < -0.4 is 0 Å². The predicted octanol–water partition coefficient (Wildman–Crippen LogP) is 3.25. The Morgan fingerprint density at radius 2 is 1.75 bits per heavy atom. The van der Waals surface area contributed by atoms with Crippen LogP contribution in [0.3, 0.4) is 0 Å². The van der Waals surface area contributed by atoms with Crippen molar-refractivity contribution in [3.05, 3.63) is 74.8 Å². The number of nitro groups is 1. The number of imide groups is 1. The molecule has 2 aromatic rings. The number of nitro benzene ring substituents is 1. The molecule has 0 aromatic heterocycles. The fourth-order valence-electron chi connectivity index (χ4n) is 3.27. The third-order valence-corrected chi connectivity index (χ3v) is 4.61. The first-order chi connectivity index (χ1) is 13.4. The molecule has 8 nitrogen and oxygen atoms in total. The summed E-state index contributed by atoms with van der Waals surface area (Å²) in [4.78, 5) is 37.2. The first-order valence-corrected chi connectivity index (χ1v) is 8.74. The molecule has 0 fully saturated rings.